The number of rotatable bonds is 8. The van der Waals surface area contributed by atoms with Gasteiger partial charge in [0.2, 0.25) is 11.8 Å². The Labute approximate surface area is 188 Å². The second kappa shape index (κ2) is 10.5. The fourth-order valence-electron chi connectivity index (χ4n) is 2.91. The molecule has 2 amide bonds. The van der Waals surface area contributed by atoms with Crippen LogP contribution in [0.5, 0.6) is 0 Å². The van der Waals surface area contributed by atoms with Crippen LogP contribution in [-0.2, 0) is 19.1 Å². The van der Waals surface area contributed by atoms with Crippen LogP contribution >= 0.6 is 22.7 Å². The van der Waals surface area contributed by atoms with Crippen LogP contribution < -0.4 is 10.6 Å². The molecule has 0 spiro atoms. The molecular formula is C21H26N2O6S2. The molecule has 0 aromatic carbocycles. The lowest BCUT2D eigenvalue weighted by atomic mass is 10.1. The Morgan fingerprint density at radius 3 is 1.39 bits per heavy atom. The van der Waals surface area contributed by atoms with Crippen molar-refractivity contribution < 1.29 is 28.7 Å². The van der Waals surface area contributed by atoms with Crippen molar-refractivity contribution in [1.82, 2.24) is 0 Å². The number of methoxy groups -OCH3 is 2. The Morgan fingerprint density at radius 2 is 1.06 bits per heavy atom. The second-order valence-electron chi connectivity index (χ2n) is 6.91. The number of ether oxygens (including phenoxy) is 2. The van der Waals surface area contributed by atoms with Crippen LogP contribution in [0.4, 0.5) is 10.0 Å². The monoisotopic (exact) mass is 466 g/mol. The van der Waals surface area contributed by atoms with Gasteiger partial charge in [0, 0.05) is 22.6 Å². The van der Waals surface area contributed by atoms with Gasteiger partial charge in [0.05, 0.1) is 25.3 Å². The standard InChI is InChI=1S/C21H26N2O6S2/c1-10-12(3)30-18(16(10)20(26)28-5)22-14(24)8-7-9-15(25)23-19-17(21(27)29-6)11(2)13(4)31-19/h7-9H2,1-6H3,(H,22,24)(H,23,25). The summed E-state index contributed by atoms with van der Waals surface area (Å²) >= 11 is 2.62. The number of hydrogen-bond donors (Lipinski definition) is 2. The summed E-state index contributed by atoms with van der Waals surface area (Å²) in [5.74, 6) is -1.59. The van der Waals surface area contributed by atoms with Crippen LogP contribution in [0.15, 0.2) is 0 Å². The lowest BCUT2D eigenvalue weighted by Crippen LogP contribution is -2.16. The molecule has 2 heterocycles. The van der Waals surface area contributed by atoms with E-state index in [4.69, 9.17) is 9.47 Å². The smallest absolute Gasteiger partial charge is 0.341 e. The lowest BCUT2D eigenvalue weighted by molar-refractivity contribution is -0.117. The summed E-state index contributed by atoms with van der Waals surface area (Å²) < 4.78 is 9.60. The summed E-state index contributed by atoms with van der Waals surface area (Å²) in [5.41, 5.74) is 2.26. The Kier molecular flexibility index (Phi) is 8.35. The highest BCUT2D eigenvalue weighted by molar-refractivity contribution is 7.17. The first-order chi connectivity index (χ1) is 14.6. The third-order valence-electron chi connectivity index (χ3n) is 4.86. The fraction of sp³-hybridized carbons (Fsp3) is 0.429. The summed E-state index contributed by atoms with van der Waals surface area (Å²) in [6, 6.07) is 0. The Morgan fingerprint density at radius 1 is 0.710 bits per heavy atom. The van der Waals surface area contributed by atoms with Crippen molar-refractivity contribution in [2.24, 2.45) is 0 Å². The maximum absolute atomic E-state index is 12.3. The summed E-state index contributed by atoms with van der Waals surface area (Å²) in [6.45, 7) is 7.33. The lowest BCUT2D eigenvalue weighted by Gasteiger charge is -2.07. The van der Waals surface area contributed by atoms with Gasteiger partial charge in [-0.2, -0.15) is 0 Å². The van der Waals surface area contributed by atoms with Crippen molar-refractivity contribution in [1.29, 1.82) is 0 Å². The number of hydrogen-bond acceptors (Lipinski definition) is 8. The van der Waals surface area contributed by atoms with Crippen LogP contribution in [0.2, 0.25) is 0 Å². The van der Waals surface area contributed by atoms with Gasteiger partial charge in [-0.15, -0.1) is 22.7 Å². The minimum atomic E-state index is -0.500. The first kappa shape index (κ1) is 24.5. The van der Waals surface area contributed by atoms with E-state index in [-0.39, 0.29) is 24.7 Å². The molecule has 2 rings (SSSR count). The van der Waals surface area contributed by atoms with Crippen molar-refractivity contribution in [3.63, 3.8) is 0 Å². The first-order valence-electron chi connectivity index (χ1n) is 9.56. The van der Waals surface area contributed by atoms with Gasteiger partial charge in [0.15, 0.2) is 0 Å². The van der Waals surface area contributed by atoms with Gasteiger partial charge in [-0.1, -0.05) is 0 Å². The number of carbonyl (C=O) groups excluding carboxylic acids is 4. The number of carbonyl (C=O) groups is 4. The van der Waals surface area contributed by atoms with Gasteiger partial charge in [-0.3, -0.25) is 9.59 Å². The number of anilines is 2. The molecule has 0 saturated heterocycles. The molecule has 0 saturated carbocycles. The van der Waals surface area contributed by atoms with E-state index in [0.29, 0.717) is 27.5 Å². The topological polar surface area (TPSA) is 111 Å². The van der Waals surface area contributed by atoms with E-state index in [1.54, 1.807) is 13.8 Å². The summed E-state index contributed by atoms with van der Waals surface area (Å²) in [7, 11) is 2.59. The van der Waals surface area contributed by atoms with Crippen LogP contribution in [0.3, 0.4) is 0 Å². The van der Waals surface area contributed by atoms with Crippen molar-refractivity contribution in [3.8, 4) is 0 Å². The summed E-state index contributed by atoms with van der Waals surface area (Å²) in [5, 5.41) is 6.38. The maximum atomic E-state index is 12.3. The third kappa shape index (κ3) is 5.71. The molecular weight excluding hydrogens is 440 g/mol. The molecule has 0 aliphatic heterocycles. The number of esters is 2. The van der Waals surface area contributed by atoms with Crippen LogP contribution in [0.1, 0.15) is 60.9 Å². The molecule has 2 aromatic rings. The SMILES string of the molecule is COC(=O)c1c(NC(=O)CCCC(=O)Nc2sc(C)c(C)c2C(=O)OC)sc(C)c1C. The average Bonchev–Trinajstić information content (AvgIpc) is 3.15. The van der Waals surface area contributed by atoms with E-state index >= 15 is 0 Å². The third-order valence-corrected chi connectivity index (χ3v) is 7.11. The van der Waals surface area contributed by atoms with Crippen LogP contribution in [-0.4, -0.2) is 38.0 Å². The largest absolute Gasteiger partial charge is 0.465 e. The van der Waals surface area contributed by atoms with Gasteiger partial charge >= 0.3 is 11.9 Å². The van der Waals surface area contributed by atoms with E-state index < -0.39 is 11.9 Å². The molecule has 2 aromatic heterocycles. The van der Waals surface area contributed by atoms with E-state index in [2.05, 4.69) is 10.6 Å². The average molecular weight is 467 g/mol. The number of aryl methyl sites for hydroxylation is 2. The summed E-state index contributed by atoms with van der Waals surface area (Å²) in [6.07, 6.45) is 0.526. The maximum Gasteiger partial charge on any atom is 0.341 e. The second-order valence-corrected chi connectivity index (χ2v) is 9.36. The normalized spacial score (nSPS) is 10.5. The highest BCUT2D eigenvalue weighted by atomic mass is 32.1. The molecule has 0 aliphatic carbocycles. The zero-order chi connectivity index (χ0) is 23.3. The Hall–Kier alpha value is -2.72. The molecule has 2 N–H and O–H groups in total. The highest BCUT2D eigenvalue weighted by Gasteiger charge is 2.23. The van der Waals surface area contributed by atoms with Gasteiger partial charge < -0.3 is 20.1 Å². The molecule has 10 heteroatoms. The predicted octanol–water partition coefficient (Wildman–Crippen LogP) is 4.36. The molecule has 0 atom stereocenters. The zero-order valence-corrected chi connectivity index (χ0v) is 20.0. The van der Waals surface area contributed by atoms with Crippen molar-refractivity contribution in [2.75, 3.05) is 24.9 Å². The fourth-order valence-corrected chi connectivity index (χ4v) is 5.04. The van der Waals surface area contributed by atoms with Gasteiger partial charge in [-0.25, -0.2) is 9.59 Å². The molecule has 0 unspecified atom stereocenters. The first-order valence-corrected chi connectivity index (χ1v) is 11.2. The van der Waals surface area contributed by atoms with E-state index in [9.17, 15) is 19.2 Å². The van der Waals surface area contributed by atoms with Gasteiger partial charge in [0.1, 0.15) is 10.0 Å². The Balaban J connectivity index is 1.94. The molecule has 0 bridgehead atoms. The van der Waals surface area contributed by atoms with Crippen molar-refractivity contribution in [2.45, 2.75) is 47.0 Å². The molecule has 168 valence electrons. The van der Waals surface area contributed by atoms with Crippen molar-refractivity contribution in [3.05, 3.63) is 32.0 Å². The van der Waals surface area contributed by atoms with Crippen molar-refractivity contribution >= 4 is 56.4 Å². The van der Waals surface area contributed by atoms with E-state index in [1.807, 2.05) is 13.8 Å². The van der Waals surface area contributed by atoms with Gasteiger partial charge in [0.25, 0.3) is 0 Å². The number of nitrogens with one attached hydrogen (secondary N) is 2. The van der Waals surface area contributed by atoms with Crippen LogP contribution in [0.25, 0.3) is 0 Å². The number of thiophene rings is 2. The zero-order valence-electron chi connectivity index (χ0n) is 18.4. The van der Waals surface area contributed by atoms with E-state index in [0.717, 1.165) is 20.9 Å². The molecule has 8 nitrogen and oxygen atoms in total. The molecule has 0 aliphatic rings. The quantitative estimate of drug-likeness (QED) is 0.559. The minimum absolute atomic E-state index is 0.108. The Bertz CT molecular complexity index is 941. The highest BCUT2D eigenvalue weighted by Crippen LogP contribution is 2.34. The van der Waals surface area contributed by atoms with E-state index in [1.165, 1.54) is 36.9 Å². The van der Waals surface area contributed by atoms with Gasteiger partial charge in [-0.05, 0) is 45.2 Å². The minimum Gasteiger partial charge on any atom is -0.465 e. The van der Waals surface area contributed by atoms with Crippen LogP contribution in [0, 0.1) is 27.7 Å². The predicted molar refractivity (Wildman–Crippen MR) is 121 cm³/mol. The summed E-state index contributed by atoms with van der Waals surface area (Å²) in [4.78, 5) is 50.5. The molecule has 0 fully saturated rings. The molecule has 0 radical (unpaired) electrons. The molecule has 31 heavy (non-hydrogen) atoms. The number of amides is 2.